The standard InChI is InChI=1S/C22H23F3N2O3/c1-14-3-7-16(8-4-14)27-19(28)12-11-18(21(29)26-13-22(23,24)25)20(27)15-5-9-17(30-2)10-6-15/h3-10,18,20H,11-13H2,1-2H3,(H,26,29). The van der Waals surface area contributed by atoms with Crippen LogP contribution in [0.15, 0.2) is 48.5 Å². The third-order valence-electron chi connectivity index (χ3n) is 5.17. The first kappa shape index (κ1) is 21.7. The summed E-state index contributed by atoms with van der Waals surface area (Å²) < 4.78 is 43.1. The number of hydrogen-bond donors (Lipinski definition) is 1. The molecule has 30 heavy (non-hydrogen) atoms. The Morgan fingerprint density at radius 1 is 1.13 bits per heavy atom. The van der Waals surface area contributed by atoms with Gasteiger partial charge in [0.15, 0.2) is 0 Å². The first-order valence-electron chi connectivity index (χ1n) is 9.57. The lowest BCUT2D eigenvalue weighted by molar-refractivity contribution is -0.142. The monoisotopic (exact) mass is 420 g/mol. The number of piperidine rings is 1. The number of anilines is 1. The molecule has 2 unspecified atom stereocenters. The molecule has 3 rings (SSSR count). The molecule has 0 bridgehead atoms. The molecule has 1 N–H and O–H groups in total. The number of halogens is 3. The molecule has 0 saturated carbocycles. The van der Waals surface area contributed by atoms with Crippen molar-refractivity contribution in [1.29, 1.82) is 0 Å². The topological polar surface area (TPSA) is 58.6 Å². The quantitative estimate of drug-likeness (QED) is 0.790. The van der Waals surface area contributed by atoms with E-state index >= 15 is 0 Å². The Hall–Kier alpha value is -3.03. The van der Waals surface area contributed by atoms with Crippen molar-refractivity contribution < 1.29 is 27.5 Å². The number of alkyl halides is 3. The van der Waals surface area contributed by atoms with Crippen molar-refractivity contribution in [3.63, 3.8) is 0 Å². The number of rotatable bonds is 5. The van der Waals surface area contributed by atoms with Crippen LogP contribution in [0.5, 0.6) is 5.75 Å². The number of hydrogen-bond acceptors (Lipinski definition) is 3. The van der Waals surface area contributed by atoms with Gasteiger partial charge in [-0.3, -0.25) is 9.59 Å². The van der Waals surface area contributed by atoms with Crippen LogP contribution in [-0.2, 0) is 9.59 Å². The Bertz CT molecular complexity index is 895. The number of ether oxygens (including phenoxy) is 1. The average molecular weight is 420 g/mol. The zero-order valence-corrected chi connectivity index (χ0v) is 16.7. The molecule has 5 nitrogen and oxygen atoms in total. The fourth-order valence-electron chi connectivity index (χ4n) is 3.68. The molecule has 160 valence electrons. The van der Waals surface area contributed by atoms with E-state index < -0.39 is 30.6 Å². The molecule has 2 aromatic carbocycles. The Kier molecular flexibility index (Phi) is 6.34. The van der Waals surface area contributed by atoms with E-state index in [9.17, 15) is 22.8 Å². The third kappa shape index (κ3) is 4.93. The van der Waals surface area contributed by atoms with Crippen molar-refractivity contribution in [3.8, 4) is 5.75 Å². The lowest BCUT2D eigenvalue weighted by Crippen LogP contribution is -2.49. The van der Waals surface area contributed by atoms with Gasteiger partial charge in [0.1, 0.15) is 12.3 Å². The summed E-state index contributed by atoms with van der Waals surface area (Å²) in [5, 5.41) is 1.98. The van der Waals surface area contributed by atoms with Gasteiger partial charge in [0, 0.05) is 12.1 Å². The zero-order valence-electron chi connectivity index (χ0n) is 16.7. The van der Waals surface area contributed by atoms with E-state index in [1.165, 1.54) is 12.0 Å². The maximum Gasteiger partial charge on any atom is 0.405 e. The highest BCUT2D eigenvalue weighted by atomic mass is 19.4. The second-order valence-corrected chi connectivity index (χ2v) is 7.30. The van der Waals surface area contributed by atoms with Gasteiger partial charge in [-0.05, 0) is 43.2 Å². The minimum atomic E-state index is -4.51. The average Bonchev–Trinajstić information content (AvgIpc) is 2.72. The van der Waals surface area contributed by atoms with E-state index in [4.69, 9.17) is 4.74 Å². The van der Waals surface area contributed by atoms with Crippen LogP contribution >= 0.6 is 0 Å². The van der Waals surface area contributed by atoms with Gasteiger partial charge in [0.05, 0.1) is 19.1 Å². The van der Waals surface area contributed by atoms with Crippen LogP contribution in [-0.4, -0.2) is 31.6 Å². The van der Waals surface area contributed by atoms with Gasteiger partial charge in [-0.15, -0.1) is 0 Å². The van der Waals surface area contributed by atoms with Gasteiger partial charge in [0.2, 0.25) is 11.8 Å². The first-order chi connectivity index (χ1) is 14.2. The van der Waals surface area contributed by atoms with Crippen LogP contribution in [0.4, 0.5) is 18.9 Å². The number of carbonyl (C=O) groups excluding carboxylic acids is 2. The van der Waals surface area contributed by atoms with Gasteiger partial charge in [-0.1, -0.05) is 29.8 Å². The molecule has 1 aliphatic rings. The summed E-state index contributed by atoms with van der Waals surface area (Å²) in [4.78, 5) is 27.1. The Labute approximate surface area is 172 Å². The second-order valence-electron chi connectivity index (χ2n) is 7.30. The van der Waals surface area contributed by atoms with Crippen molar-refractivity contribution in [2.75, 3.05) is 18.6 Å². The van der Waals surface area contributed by atoms with Crippen molar-refractivity contribution in [2.24, 2.45) is 5.92 Å². The summed E-state index contributed by atoms with van der Waals surface area (Å²) in [6.07, 6.45) is -4.27. The van der Waals surface area contributed by atoms with Gasteiger partial charge < -0.3 is 15.0 Å². The van der Waals surface area contributed by atoms with Crippen molar-refractivity contribution in [1.82, 2.24) is 5.32 Å². The smallest absolute Gasteiger partial charge is 0.405 e. The zero-order chi connectivity index (χ0) is 21.9. The molecule has 8 heteroatoms. The molecule has 0 aromatic heterocycles. The summed E-state index contributed by atoms with van der Waals surface area (Å²) in [5.74, 6) is -1.13. The van der Waals surface area contributed by atoms with E-state index in [0.717, 1.165) is 5.56 Å². The predicted octanol–water partition coefficient (Wildman–Crippen LogP) is 4.17. The molecule has 2 atom stereocenters. The van der Waals surface area contributed by atoms with E-state index in [1.807, 2.05) is 24.4 Å². The molecule has 1 heterocycles. The van der Waals surface area contributed by atoms with Crippen LogP contribution in [0.3, 0.4) is 0 Å². The normalized spacial score (nSPS) is 19.5. The number of amides is 2. The van der Waals surface area contributed by atoms with Crippen LogP contribution in [0.25, 0.3) is 0 Å². The number of carbonyl (C=O) groups is 2. The molecular formula is C22H23F3N2O3. The molecule has 2 aromatic rings. The van der Waals surface area contributed by atoms with Crippen molar-refractivity contribution in [2.45, 2.75) is 32.0 Å². The minimum Gasteiger partial charge on any atom is -0.497 e. The molecule has 0 aliphatic carbocycles. The molecule has 2 amide bonds. The minimum absolute atomic E-state index is 0.0740. The largest absolute Gasteiger partial charge is 0.497 e. The molecule has 1 fully saturated rings. The second kappa shape index (κ2) is 8.77. The highest BCUT2D eigenvalue weighted by Crippen LogP contribution is 2.40. The van der Waals surface area contributed by atoms with Crippen LogP contribution in [0.1, 0.15) is 30.0 Å². The van der Waals surface area contributed by atoms with E-state index in [0.29, 0.717) is 17.0 Å². The summed E-state index contributed by atoms with van der Waals surface area (Å²) >= 11 is 0. The number of benzene rings is 2. The summed E-state index contributed by atoms with van der Waals surface area (Å²) in [5.41, 5.74) is 2.25. The number of methoxy groups -OCH3 is 1. The maximum absolute atomic E-state index is 12.9. The number of nitrogens with zero attached hydrogens (tertiary/aromatic N) is 1. The summed E-state index contributed by atoms with van der Waals surface area (Å²) in [7, 11) is 1.52. The Morgan fingerprint density at radius 2 is 1.77 bits per heavy atom. The molecule has 0 spiro atoms. The van der Waals surface area contributed by atoms with Gasteiger partial charge >= 0.3 is 6.18 Å². The third-order valence-corrected chi connectivity index (χ3v) is 5.17. The fourth-order valence-corrected chi connectivity index (χ4v) is 3.68. The van der Waals surface area contributed by atoms with Gasteiger partial charge in [0.25, 0.3) is 0 Å². The van der Waals surface area contributed by atoms with Gasteiger partial charge in [-0.25, -0.2) is 0 Å². The van der Waals surface area contributed by atoms with E-state index in [2.05, 4.69) is 0 Å². The van der Waals surface area contributed by atoms with E-state index in [1.54, 1.807) is 36.4 Å². The molecule has 1 aliphatic heterocycles. The van der Waals surface area contributed by atoms with Crippen LogP contribution in [0.2, 0.25) is 0 Å². The summed E-state index contributed by atoms with van der Waals surface area (Å²) in [6.45, 7) is 0.506. The summed E-state index contributed by atoms with van der Waals surface area (Å²) in [6, 6.07) is 13.4. The predicted molar refractivity (Wildman–Crippen MR) is 106 cm³/mol. The molecule has 1 saturated heterocycles. The van der Waals surface area contributed by atoms with Gasteiger partial charge in [-0.2, -0.15) is 13.2 Å². The maximum atomic E-state index is 12.9. The van der Waals surface area contributed by atoms with Crippen molar-refractivity contribution >= 4 is 17.5 Å². The highest BCUT2D eigenvalue weighted by Gasteiger charge is 2.42. The van der Waals surface area contributed by atoms with Crippen LogP contribution in [0, 0.1) is 12.8 Å². The first-order valence-corrected chi connectivity index (χ1v) is 9.57. The lowest BCUT2D eigenvalue weighted by Gasteiger charge is -2.41. The number of nitrogens with one attached hydrogen (secondary N) is 1. The van der Waals surface area contributed by atoms with E-state index in [-0.39, 0.29) is 18.7 Å². The Morgan fingerprint density at radius 3 is 2.33 bits per heavy atom. The number of aryl methyl sites for hydroxylation is 1. The molecular weight excluding hydrogens is 397 g/mol. The molecule has 0 radical (unpaired) electrons. The Balaban J connectivity index is 2.00. The SMILES string of the molecule is COc1ccc(C2C(C(=O)NCC(F)(F)F)CCC(=O)N2c2ccc(C)cc2)cc1. The highest BCUT2D eigenvalue weighted by molar-refractivity contribution is 5.97. The lowest BCUT2D eigenvalue weighted by atomic mass is 9.83. The van der Waals surface area contributed by atoms with Crippen LogP contribution < -0.4 is 15.0 Å². The fraction of sp³-hybridized carbons (Fsp3) is 0.364. The van der Waals surface area contributed by atoms with Crippen molar-refractivity contribution in [3.05, 3.63) is 59.7 Å².